The van der Waals surface area contributed by atoms with Crippen LogP contribution >= 0.6 is 27.5 Å². The summed E-state index contributed by atoms with van der Waals surface area (Å²) < 4.78 is 35.2. The lowest BCUT2D eigenvalue weighted by Gasteiger charge is -2.18. The third kappa shape index (κ3) is 5.46. The maximum absolute atomic E-state index is 11.4. The van der Waals surface area contributed by atoms with E-state index in [2.05, 4.69) is 21.2 Å². The second kappa shape index (κ2) is 9.70. The van der Waals surface area contributed by atoms with Crippen molar-refractivity contribution in [3.8, 4) is 11.5 Å². The van der Waals surface area contributed by atoms with E-state index in [-0.39, 0.29) is 11.5 Å². The third-order valence-corrected chi connectivity index (χ3v) is 6.41. The predicted molar refractivity (Wildman–Crippen MR) is 122 cm³/mol. The summed E-state index contributed by atoms with van der Waals surface area (Å²) in [5.74, 6) is 1.17. The van der Waals surface area contributed by atoms with E-state index in [4.69, 9.17) is 26.2 Å². The van der Waals surface area contributed by atoms with Crippen LogP contribution in [0, 0.1) is 0 Å². The second-order valence-electron chi connectivity index (χ2n) is 6.36. The molecule has 0 fully saturated rings. The average molecular weight is 512 g/mol. The minimum Gasteiger partial charge on any atom is -0.493 e. The highest BCUT2D eigenvalue weighted by molar-refractivity contribution is 9.10. The summed E-state index contributed by atoms with van der Waals surface area (Å²) in [6.07, 6.45) is 0. The van der Waals surface area contributed by atoms with Gasteiger partial charge in [0.05, 0.1) is 12.0 Å². The molecule has 0 amide bonds. The van der Waals surface area contributed by atoms with Gasteiger partial charge in [-0.1, -0.05) is 45.7 Å². The Morgan fingerprint density at radius 2 is 1.77 bits per heavy atom. The first-order chi connectivity index (χ1) is 14.3. The molecule has 9 heteroatoms. The number of anilines is 1. The van der Waals surface area contributed by atoms with Gasteiger partial charge in [0.1, 0.15) is 6.61 Å². The van der Waals surface area contributed by atoms with Gasteiger partial charge in [-0.15, -0.1) is 0 Å². The van der Waals surface area contributed by atoms with Gasteiger partial charge >= 0.3 is 0 Å². The zero-order valence-corrected chi connectivity index (χ0v) is 19.2. The van der Waals surface area contributed by atoms with E-state index in [0.29, 0.717) is 23.1 Å². The van der Waals surface area contributed by atoms with Crippen molar-refractivity contribution in [3.05, 3.63) is 81.3 Å². The van der Waals surface area contributed by atoms with Gasteiger partial charge in [0.15, 0.2) is 11.5 Å². The summed E-state index contributed by atoms with van der Waals surface area (Å²) >= 11 is 9.80. The molecule has 0 spiro atoms. The average Bonchev–Trinajstić information content (AvgIpc) is 2.72. The molecule has 0 atom stereocenters. The molecule has 0 aliphatic carbocycles. The highest BCUT2D eigenvalue weighted by atomic mass is 79.9. The van der Waals surface area contributed by atoms with Crippen LogP contribution in [0.5, 0.6) is 11.5 Å². The fraction of sp³-hybridized carbons (Fsp3) is 0.143. The molecule has 3 aromatic carbocycles. The van der Waals surface area contributed by atoms with E-state index in [1.54, 1.807) is 19.2 Å². The Hall–Kier alpha value is -2.26. The lowest BCUT2D eigenvalue weighted by molar-refractivity contribution is 0.281. The number of hydrogen-bond donors (Lipinski definition) is 2. The molecule has 6 nitrogen and oxygen atoms in total. The maximum Gasteiger partial charge on any atom is 0.238 e. The van der Waals surface area contributed by atoms with Gasteiger partial charge < -0.3 is 14.8 Å². The fourth-order valence-corrected chi connectivity index (χ4v) is 3.94. The largest absolute Gasteiger partial charge is 0.493 e. The van der Waals surface area contributed by atoms with Crippen molar-refractivity contribution in [2.75, 3.05) is 12.4 Å². The highest BCUT2D eigenvalue weighted by Crippen LogP contribution is 2.37. The van der Waals surface area contributed by atoms with E-state index in [0.717, 1.165) is 21.3 Å². The van der Waals surface area contributed by atoms with Crippen LogP contribution < -0.4 is 19.9 Å². The van der Waals surface area contributed by atoms with Gasteiger partial charge in [0.2, 0.25) is 10.0 Å². The highest BCUT2D eigenvalue weighted by Gasteiger charge is 2.16. The number of nitrogens with one attached hydrogen (secondary N) is 1. The number of hydrogen-bond acceptors (Lipinski definition) is 5. The first kappa shape index (κ1) is 22.4. The van der Waals surface area contributed by atoms with Crippen molar-refractivity contribution in [2.24, 2.45) is 5.14 Å². The van der Waals surface area contributed by atoms with Crippen LogP contribution in [0.2, 0.25) is 5.02 Å². The molecule has 0 unspecified atom stereocenters. The van der Waals surface area contributed by atoms with Crippen LogP contribution in [0.25, 0.3) is 0 Å². The monoisotopic (exact) mass is 510 g/mol. The normalized spacial score (nSPS) is 11.2. The molecule has 3 rings (SSSR count). The van der Waals surface area contributed by atoms with Crippen LogP contribution in [0.1, 0.15) is 11.1 Å². The second-order valence-corrected chi connectivity index (χ2v) is 9.18. The Bertz CT molecular complexity index is 1140. The van der Waals surface area contributed by atoms with Crippen LogP contribution in [-0.4, -0.2) is 15.5 Å². The molecule has 0 heterocycles. The number of primary sulfonamides is 1. The van der Waals surface area contributed by atoms with E-state index in [9.17, 15) is 8.42 Å². The Kier molecular flexibility index (Phi) is 7.25. The van der Waals surface area contributed by atoms with E-state index >= 15 is 0 Å². The molecule has 0 aromatic heterocycles. The zero-order valence-electron chi connectivity index (χ0n) is 16.1. The predicted octanol–water partition coefficient (Wildman–Crippen LogP) is 4.95. The Balaban J connectivity index is 1.82. The van der Waals surface area contributed by atoms with Crippen molar-refractivity contribution in [3.63, 3.8) is 0 Å². The molecular weight excluding hydrogens is 492 g/mol. The number of methoxy groups -OCH3 is 1. The van der Waals surface area contributed by atoms with Crippen molar-refractivity contribution in [1.82, 2.24) is 0 Å². The molecule has 158 valence electrons. The van der Waals surface area contributed by atoms with Crippen molar-refractivity contribution in [2.45, 2.75) is 18.0 Å². The van der Waals surface area contributed by atoms with Crippen LogP contribution in [0.15, 0.2) is 70.0 Å². The van der Waals surface area contributed by atoms with Crippen molar-refractivity contribution < 1.29 is 17.9 Å². The topological polar surface area (TPSA) is 90.6 Å². The van der Waals surface area contributed by atoms with Gasteiger partial charge in [-0.2, -0.15) is 0 Å². The number of sulfonamides is 1. The quantitative estimate of drug-likeness (QED) is 0.447. The molecule has 0 bridgehead atoms. The summed E-state index contributed by atoms with van der Waals surface area (Å²) in [4.78, 5) is 0.0550. The minimum atomic E-state index is -3.73. The van der Waals surface area contributed by atoms with Crippen molar-refractivity contribution >= 4 is 43.2 Å². The SMILES string of the molecule is COc1ccc(Br)c(CNc2ccc(S(N)(=O)=O)cc2)c1OCc1ccccc1Cl. The molecule has 0 radical (unpaired) electrons. The van der Waals surface area contributed by atoms with Crippen molar-refractivity contribution in [1.29, 1.82) is 0 Å². The molecule has 30 heavy (non-hydrogen) atoms. The van der Waals surface area contributed by atoms with E-state index < -0.39 is 10.0 Å². The molecular formula is C21H20BrClN2O4S. The first-order valence-electron chi connectivity index (χ1n) is 8.88. The molecule has 3 N–H and O–H groups in total. The minimum absolute atomic E-state index is 0.0550. The number of nitrogens with two attached hydrogens (primary N) is 1. The van der Waals surface area contributed by atoms with E-state index in [1.165, 1.54) is 12.1 Å². The van der Waals surface area contributed by atoms with Gasteiger partial charge in [0.25, 0.3) is 0 Å². The summed E-state index contributed by atoms with van der Waals surface area (Å²) in [6.45, 7) is 0.687. The Labute approximate surface area is 189 Å². The molecule has 0 aliphatic heterocycles. The van der Waals surface area contributed by atoms with Crippen LogP contribution in [0.3, 0.4) is 0 Å². The fourth-order valence-electron chi connectivity index (χ4n) is 2.78. The summed E-state index contributed by atoms with van der Waals surface area (Å²) in [5, 5.41) is 9.02. The van der Waals surface area contributed by atoms with Gasteiger partial charge in [-0.25, -0.2) is 13.6 Å². The van der Waals surface area contributed by atoms with Gasteiger partial charge in [-0.3, -0.25) is 0 Å². The molecule has 0 saturated carbocycles. The Morgan fingerprint density at radius 3 is 2.40 bits per heavy atom. The van der Waals surface area contributed by atoms with Crippen LogP contribution in [0.4, 0.5) is 5.69 Å². The van der Waals surface area contributed by atoms with Gasteiger partial charge in [-0.05, 0) is 42.5 Å². The Morgan fingerprint density at radius 1 is 1.07 bits per heavy atom. The standard InChI is InChI=1S/C21H20BrClN2O4S/c1-28-20-11-10-18(22)17(21(20)29-13-14-4-2-3-5-19(14)23)12-25-15-6-8-16(9-7-15)30(24,26)27/h2-11,25H,12-13H2,1H3,(H2,24,26,27). The smallest absolute Gasteiger partial charge is 0.238 e. The molecule has 0 saturated heterocycles. The third-order valence-electron chi connectivity index (χ3n) is 4.37. The number of benzene rings is 3. The molecule has 0 aliphatic rings. The maximum atomic E-state index is 11.4. The van der Waals surface area contributed by atoms with E-state index in [1.807, 2.05) is 36.4 Å². The number of rotatable bonds is 8. The lowest BCUT2D eigenvalue weighted by Crippen LogP contribution is -2.12. The van der Waals surface area contributed by atoms with Crippen LogP contribution in [-0.2, 0) is 23.2 Å². The number of halogens is 2. The first-order valence-corrected chi connectivity index (χ1v) is 11.6. The lowest BCUT2D eigenvalue weighted by atomic mass is 10.1. The summed E-state index contributed by atoms with van der Waals surface area (Å²) in [7, 11) is -2.15. The number of ether oxygens (including phenoxy) is 2. The molecule has 3 aromatic rings. The zero-order chi connectivity index (χ0) is 21.7. The summed E-state index contributed by atoms with van der Waals surface area (Å²) in [5.41, 5.74) is 2.43. The summed E-state index contributed by atoms with van der Waals surface area (Å²) in [6, 6.07) is 17.4. The van der Waals surface area contributed by atoms with Gasteiger partial charge in [0, 0.05) is 32.9 Å².